The molecule has 0 amide bonds. The monoisotopic (exact) mass is 215 g/mol. The van der Waals surface area contributed by atoms with Gasteiger partial charge in [0.2, 0.25) is 0 Å². The molecule has 16 heavy (non-hydrogen) atoms. The first kappa shape index (κ1) is 9.85. The Balaban J connectivity index is 1.79. The molecule has 3 heteroatoms. The van der Waals surface area contributed by atoms with E-state index in [2.05, 4.69) is 46.0 Å². The van der Waals surface area contributed by atoms with Gasteiger partial charge in [-0.1, -0.05) is 12.5 Å². The van der Waals surface area contributed by atoms with Gasteiger partial charge in [0.15, 0.2) is 0 Å². The van der Waals surface area contributed by atoms with Crippen molar-refractivity contribution < 1.29 is 0 Å². The van der Waals surface area contributed by atoms with Crippen LogP contribution in [-0.4, -0.2) is 15.4 Å². The van der Waals surface area contributed by atoms with E-state index in [9.17, 15) is 0 Å². The molecule has 0 radical (unpaired) electrons. The van der Waals surface area contributed by atoms with E-state index >= 15 is 0 Å². The highest BCUT2D eigenvalue weighted by Gasteiger charge is 2.16. The van der Waals surface area contributed by atoms with E-state index in [-0.39, 0.29) is 0 Å². The van der Waals surface area contributed by atoms with Crippen molar-refractivity contribution in [2.24, 2.45) is 0 Å². The summed E-state index contributed by atoms with van der Waals surface area (Å²) in [7, 11) is 0. The van der Waals surface area contributed by atoms with Crippen molar-refractivity contribution in [3.63, 3.8) is 0 Å². The molecule has 2 heterocycles. The van der Waals surface area contributed by atoms with Crippen LogP contribution in [0.3, 0.4) is 0 Å². The highest BCUT2D eigenvalue weighted by atomic mass is 15.0. The van der Waals surface area contributed by atoms with E-state index in [0.717, 1.165) is 23.9 Å². The standard InChI is InChI=1S/C13H17N3/c1-10-4-2-7-13-15-12(9-16(10)13)8-14-11-5-3-6-11/h2,4,7,9,11,14H,3,5-6,8H2,1H3. The SMILES string of the molecule is Cc1cccc2nc(CNC3CCC3)cn12. The molecule has 3 nitrogen and oxygen atoms in total. The van der Waals surface area contributed by atoms with Gasteiger partial charge in [0, 0.05) is 24.5 Å². The number of imidazole rings is 1. The van der Waals surface area contributed by atoms with Crippen molar-refractivity contribution in [1.29, 1.82) is 0 Å². The highest BCUT2D eigenvalue weighted by Crippen LogP contribution is 2.18. The minimum Gasteiger partial charge on any atom is -0.308 e. The van der Waals surface area contributed by atoms with Crippen LogP contribution < -0.4 is 5.32 Å². The molecule has 1 N–H and O–H groups in total. The molecule has 3 rings (SSSR count). The summed E-state index contributed by atoms with van der Waals surface area (Å²) < 4.78 is 2.15. The number of hydrogen-bond acceptors (Lipinski definition) is 2. The minimum absolute atomic E-state index is 0.728. The summed E-state index contributed by atoms with van der Waals surface area (Å²) in [6, 6.07) is 6.95. The summed E-state index contributed by atoms with van der Waals surface area (Å²) >= 11 is 0. The van der Waals surface area contributed by atoms with E-state index in [1.807, 2.05) is 0 Å². The number of nitrogens with zero attached hydrogens (tertiary/aromatic N) is 2. The maximum absolute atomic E-state index is 4.60. The van der Waals surface area contributed by atoms with Gasteiger partial charge >= 0.3 is 0 Å². The van der Waals surface area contributed by atoms with Crippen LogP contribution in [0.4, 0.5) is 0 Å². The van der Waals surface area contributed by atoms with Crippen molar-refractivity contribution in [1.82, 2.24) is 14.7 Å². The summed E-state index contributed by atoms with van der Waals surface area (Å²) in [6.07, 6.45) is 6.16. The molecule has 1 aliphatic carbocycles. The molecule has 1 aliphatic rings. The fourth-order valence-corrected chi connectivity index (χ4v) is 2.15. The zero-order valence-electron chi connectivity index (χ0n) is 9.61. The molecule has 0 atom stereocenters. The lowest BCUT2D eigenvalue weighted by molar-refractivity contribution is 0.337. The number of rotatable bonds is 3. The number of nitrogens with one attached hydrogen (secondary N) is 1. The summed E-state index contributed by atoms with van der Waals surface area (Å²) in [5, 5.41) is 3.54. The van der Waals surface area contributed by atoms with E-state index in [1.165, 1.54) is 25.0 Å². The first-order chi connectivity index (χ1) is 7.83. The van der Waals surface area contributed by atoms with Crippen LogP contribution in [0, 0.1) is 6.92 Å². The number of fused-ring (bicyclic) bond motifs is 1. The molecule has 0 aliphatic heterocycles. The molecule has 0 bridgehead atoms. The van der Waals surface area contributed by atoms with Crippen molar-refractivity contribution in [2.45, 2.75) is 38.8 Å². The largest absolute Gasteiger partial charge is 0.308 e. The summed E-state index contributed by atoms with van der Waals surface area (Å²) in [4.78, 5) is 4.60. The molecule has 0 unspecified atom stereocenters. The molecule has 84 valence electrons. The Kier molecular flexibility index (Phi) is 2.40. The lowest BCUT2D eigenvalue weighted by Crippen LogP contribution is -2.34. The maximum Gasteiger partial charge on any atom is 0.137 e. The third-order valence-corrected chi connectivity index (χ3v) is 3.42. The average molecular weight is 215 g/mol. The number of pyridine rings is 1. The third-order valence-electron chi connectivity index (χ3n) is 3.42. The molecule has 1 fully saturated rings. The smallest absolute Gasteiger partial charge is 0.137 e. The Labute approximate surface area is 95.5 Å². The van der Waals surface area contributed by atoms with Gasteiger partial charge in [-0.2, -0.15) is 0 Å². The Bertz CT molecular complexity index is 497. The zero-order valence-corrected chi connectivity index (χ0v) is 9.61. The first-order valence-corrected chi connectivity index (χ1v) is 6.00. The predicted molar refractivity (Wildman–Crippen MR) is 64.4 cm³/mol. The van der Waals surface area contributed by atoms with Crippen LogP contribution in [0.5, 0.6) is 0 Å². The first-order valence-electron chi connectivity index (χ1n) is 6.00. The van der Waals surface area contributed by atoms with Crippen molar-refractivity contribution >= 4 is 5.65 Å². The van der Waals surface area contributed by atoms with Gasteiger partial charge < -0.3 is 9.72 Å². The minimum atomic E-state index is 0.728. The van der Waals surface area contributed by atoms with Gasteiger partial charge in [-0.3, -0.25) is 0 Å². The topological polar surface area (TPSA) is 29.3 Å². The fraction of sp³-hybridized carbons (Fsp3) is 0.462. The Morgan fingerprint density at radius 1 is 1.44 bits per heavy atom. The van der Waals surface area contributed by atoms with Crippen molar-refractivity contribution in [3.8, 4) is 0 Å². The van der Waals surface area contributed by atoms with Crippen LogP contribution in [0.15, 0.2) is 24.4 Å². The second-order valence-electron chi connectivity index (χ2n) is 4.64. The second kappa shape index (κ2) is 3.91. The van der Waals surface area contributed by atoms with Gasteiger partial charge in [0.1, 0.15) is 5.65 Å². The van der Waals surface area contributed by atoms with Gasteiger partial charge in [-0.25, -0.2) is 4.98 Å². The molecule has 1 saturated carbocycles. The van der Waals surface area contributed by atoms with Crippen LogP contribution in [0.25, 0.3) is 5.65 Å². The molecular weight excluding hydrogens is 198 g/mol. The third kappa shape index (κ3) is 1.71. The quantitative estimate of drug-likeness (QED) is 0.851. The van der Waals surface area contributed by atoms with E-state index in [4.69, 9.17) is 0 Å². The highest BCUT2D eigenvalue weighted by molar-refractivity contribution is 5.41. The van der Waals surface area contributed by atoms with Crippen LogP contribution in [0.1, 0.15) is 30.7 Å². The Hall–Kier alpha value is -1.35. The van der Waals surface area contributed by atoms with Crippen molar-refractivity contribution in [2.75, 3.05) is 0 Å². The molecule has 0 saturated heterocycles. The van der Waals surface area contributed by atoms with E-state index < -0.39 is 0 Å². The van der Waals surface area contributed by atoms with Crippen LogP contribution >= 0.6 is 0 Å². The van der Waals surface area contributed by atoms with Gasteiger partial charge in [0.05, 0.1) is 5.69 Å². The summed E-state index contributed by atoms with van der Waals surface area (Å²) in [6.45, 7) is 3.00. The van der Waals surface area contributed by atoms with E-state index in [0.29, 0.717) is 0 Å². The Morgan fingerprint density at radius 3 is 3.00 bits per heavy atom. The van der Waals surface area contributed by atoms with Crippen LogP contribution in [0.2, 0.25) is 0 Å². The number of hydrogen-bond donors (Lipinski definition) is 1. The van der Waals surface area contributed by atoms with E-state index in [1.54, 1.807) is 0 Å². The van der Waals surface area contributed by atoms with Gasteiger partial charge in [0.25, 0.3) is 0 Å². The number of aromatic nitrogens is 2. The molecule has 2 aromatic rings. The van der Waals surface area contributed by atoms with Gasteiger partial charge in [-0.15, -0.1) is 0 Å². The second-order valence-corrected chi connectivity index (χ2v) is 4.64. The zero-order chi connectivity index (χ0) is 11.0. The van der Waals surface area contributed by atoms with Crippen molar-refractivity contribution in [3.05, 3.63) is 35.8 Å². The lowest BCUT2D eigenvalue weighted by Gasteiger charge is -2.26. The average Bonchev–Trinajstić information content (AvgIpc) is 2.60. The predicted octanol–water partition coefficient (Wildman–Crippen LogP) is 2.28. The number of aryl methyl sites for hydroxylation is 1. The Morgan fingerprint density at radius 2 is 2.31 bits per heavy atom. The maximum atomic E-state index is 4.60. The normalized spacial score (nSPS) is 16.6. The lowest BCUT2D eigenvalue weighted by atomic mass is 9.93. The molecule has 0 aromatic carbocycles. The van der Waals surface area contributed by atoms with Gasteiger partial charge in [-0.05, 0) is 31.9 Å². The molecule has 0 spiro atoms. The molecule has 2 aromatic heterocycles. The molecular formula is C13H17N3. The summed E-state index contributed by atoms with van der Waals surface area (Å²) in [5.74, 6) is 0. The fourth-order valence-electron chi connectivity index (χ4n) is 2.15. The summed E-state index contributed by atoms with van der Waals surface area (Å²) in [5.41, 5.74) is 3.42. The van der Waals surface area contributed by atoms with Crippen LogP contribution in [-0.2, 0) is 6.54 Å².